The third-order valence-electron chi connectivity index (χ3n) is 4.75. The van der Waals surface area contributed by atoms with Gasteiger partial charge in [0.15, 0.2) is 5.96 Å². The summed E-state index contributed by atoms with van der Waals surface area (Å²) < 4.78 is 0. The van der Waals surface area contributed by atoms with Crippen LogP contribution in [0.2, 0.25) is 0 Å². The quantitative estimate of drug-likeness (QED) is 0.137. The molecule has 8 N–H and O–H groups in total. The van der Waals surface area contributed by atoms with Crippen molar-refractivity contribution < 1.29 is 14.4 Å². The second-order valence-corrected chi connectivity index (χ2v) is 7.41. The number of nitrogens with zero attached hydrogens (tertiary/aromatic N) is 1. The Balaban J connectivity index is 2.06. The second-order valence-electron chi connectivity index (χ2n) is 7.41. The van der Waals surface area contributed by atoms with Crippen molar-refractivity contribution in [3.8, 4) is 0 Å². The van der Waals surface area contributed by atoms with Gasteiger partial charge in [0.2, 0.25) is 17.7 Å². The highest BCUT2D eigenvalue weighted by atomic mass is 16.2. The van der Waals surface area contributed by atoms with Crippen molar-refractivity contribution in [3.63, 3.8) is 0 Å². The molecule has 0 aliphatic carbocycles. The van der Waals surface area contributed by atoms with Crippen LogP contribution in [0.5, 0.6) is 0 Å². The third kappa shape index (κ3) is 9.69. The van der Waals surface area contributed by atoms with Crippen LogP contribution in [0.3, 0.4) is 0 Å². The summed E-state index contributed by atoms with van der Waals surface area (Å²) in [7, 11) is 0. The second kappa shape index (κ2) is 13.3. The Hall–Kier alpha value is -4.14. The molecule has 2 aromatic rings. The van der Waals surface area contributed by atoms with Gasteiger partial charge in [0.05, 0.1) is 0 Å². The van der Waals surface area contributed by atoms with E-state index in [0.29, 0.717) is 13.0 Å². The summed E-state index contributed by atoms with van der Waals surface area (Å²) >= 11 is 0. The van der Waals surface area contributed by atoms with E-state index >= 15 is 0 Å². The number of aliphatic imine (C=N–C) groups is 1. The van der Waals surface area contributed by atoms with E-state index in [0.717, 1.165) is 11.1 Å². The Labute approximate surface area is 193 Å². The molecular formula is C24H30N6O3. The average molecular weight is 451 g/mol. The van der Waals surface area contributed by atoms with E-state index in [4.69, 9.17) is 17.2 Å². The smallest absolute Gasteiger partial charge is 0.244 e. The van der Waals surface area contributed by atoms with E-state index in [9.17, 15) is 14.4 Å². The van der Waals surface area contributed by atoms with Crippen LogP contribution in [0.4, 0.5) is 0 Å². The molecule has 0 saturated heterocycles. The number of carbonyl (C=O) groups is 3. The van der Waals surface area contributed by atoms with Gasteiger partial charge in [0, 0.05) is 19.0 Å². The van der Waals surface area contributed by atoms with Crippen LogP contribution < -0.4 is 27.8 Å². The maximum atomic E-state index is 12.9. The summed E-state index contributed by atoms with van der Waals surface area (Å²) in [5, 5.41) is 5.34. The number of benzene rings is 2. The van der Waals surface area contributed by atoms with Crippen molar-refractivity contribution in [2.75, 3.05) is 6.54 Å². The standard InChI is InChI=1S/C24H30N6O3/c25-22(32)20(16-18-10-5-2-6-11-18)30-23(33)19(12-7-15-28-24(26)27)29-21(31)14-13-17-8-3-1-4-9-17/h1-6,8-11,13-14,19-20H,7,12,15-16H2,(H2,25,32)(H,29,31)(H,30,33)(H4,26,27,28)/b14-13+/t19-,20+/m1/s1. The van der Waals surface area contributed by atoms with Gasteiger partial charge in [0.1, 0.15) is 12.1 Å². The number of carbonyl (C=O) groups excluding carboxylic acids is 3. The van der Waals surface area contributed by atoms with Crippen LogP contribution in [-0.4, -0.2) is 42.3 Å². The maximum absolute atomic E-state index is 12.9. The largest absolute Gasteiger partial charge is 0.370 e. The summed E-state index contributed by atoms with van der Waals surface area (Å²) in [5.41, 5.74) is 17.9. The Kier molecular flexibility index (Phi) is 10.1. The summed E-state index contributed by atoms with van der Waals surface area (Å²) in [6, 6.07) is 16.7. The van der Waals surface area contributed by atoms with Crippen LogP contribution in [0.1, 0.15) is 24.0 Å². The number of nitrogens with two attached hydrogens (primary N) is 3. The van der Waals surface area contributed by atoms with Crippen LogP contribution >= 0.6 is 0 Å². The Morgan fingerprint density at radius 3 is 2.12 bits per heavy atom. The molecule has 0 fully saturated rings. The normalized spacial score (nSPS) is 12.5. The molecule has 9 heteroatoms. The molecule has 0 heterocycles. The molecule has 3 amide bonds. The molecule has 0 aromatic heterocycles. The molecule has 2 rings (SSSR count). The summed E-state index contributed by atoms with van der Waals surface area (Å²) in [6.45, 7) is 0.297. The fourth-order valence-corrected chi connectivity index (χ4v) is 3.07. The highest BCUT2D eigenvalue weighted by Gasteiger charge is 2.25. The predicted molar refractivity (Wildman–Crippen MR) is 129 cm³/mol. The first-order chi connectivity index (χ1) is 15.8. The molecule has 0 aliphatic heterocycles. The van der Waals surface area contributed by atoms with Crippen molar-refractivity contribution in [3.05, 3.63) is 77.9 Å². The lowest BCUT2D eigenvalue weighted by atomic mass is 10.0. The lowest BCUT2D eigenvalue weighted by Crippen LogP contribution is -2.53. The van der Waals surface area contributed by atoms with E-state index in [1.807, 2.05) is 60.7 Å². The highest BCUT2D eigenvalue weighted by Crippen LogP contribution is 2.06. The Morgan fingerprint density at radius 1 is 0.879 bits per heavy atom. The monoisotopic (exact) mass is 450 g/mol. The van der Waals surface area contributed by atoms with Crippen LogP contribution in [-0.2, 0) is 20.8 Å². The van der Waals surface area contributed by atoms with E-state index in [1.165, 1.54) is 6.08 Å². The minimum atomic E-state index is -0.920. The number of amides is 3. The van der Waals surface area contributed by atoms with Crippen molar-refractivity contribution in [1.29, 1.82) is 0 Å². The lowest BCUT2D eigenvalue weighted by Gasteiger charge is -2.21. The van der Waals surface area contributed by atoms with E-state index in [1.54, 1.807) is 6.08 Å². The van der Waals surface area contributed by atoms with Gasteiger partial charge in [-0.25, -0.2) is 0 Å². The van der Waals surface area contributed by atoms with E-state index in [-0.39, 0.29) is 18.8 Å². The summed E-state index contributed by atoms with van der Waals surface area (Å²) in [4.78, 5) is 41.2. The SMILES string of the molecule is NC(=O)[C@H](Cc1ccccc1)NC(=O)[C@@H](CCCN=C(N)N)NC(=O)/C=C/c1ccccc1. The molecule has 0 bridgehead atoms. The van der Waals surface area contributed by atoms with Gasteiger partial charge in [0.25, 0.3) is 0 Å². The van der Waals surface area contributed by atoms with Gasteiger partial charge in [-0.15, -0.1) is 0 Å². The van der Waals surface area contributed by atoms with Crippen molar-refractivity contribution in [2.45, 2.75) is 31.3 Å². The molecule has 174 valence electrons. The molecular weight excluding hydrogens is 420 g/mol. The van der Waals surface area contributed by atoms with Gasteiger partial charge >= 0.3 is 0 Å². The zero-order valence-corrected chi connectivity index (χ0v) is 18.3. The Morgan fingerprint density at radius 2 is 1.52 bits per heavy atom. The first kappa shape index (κ1) is 25.1. The van der Waals surface area contributed by atoms with Gasteiger partial charge in [-0.3, -0.25) is 19.4 Å². The summed E-state index contributed by atoms with van der Waals surface area (Å²) in [6.07, 6.45) is 3.94. The molecule has 2 aromatic carbocycles. The van der Waals surface area contributed by atoms with Crippen molar-refractivity contribution in [2.24, 2.45) is 22.2 Å². The van der Waals surface area contributed by atoms with Gasteiger partial charge in [-0.1, -0.05) is 60.7 Å². The fourth-order valence-electron chi connectivity index (χ4n) is 3.07. The number of hydrogen-bond donors (Lipinski definition) is 5. The molecule has 33 heavy (non-hydrogen) atoms. The van der Waals surface area contributed by atoms with Crippen LogP contribution in [0.15, 0.2) is 71.7 Å². The minimum Gasteiger partial charge on any atom is -0.370 e. The first-order valence-corrected chi connectivity index (χ1v) is 10.6. The Bertz CT molecular complexity index is 972. The third-order valence-corrected chi connectivity index (χ3v) is 4.75. The first-order valence-electron chi connectivity index (χ1n) is 10.6. The van der Waals surface area contributed by atoms with Crippen LogP contribution in [0, 0.1) is 0 Å². The molecule has 0 unspecified atom stereocenters. The molecule has 2 atom stereocenters. The molecule has 0 radical (unpaired) electrons. The predicted octanol–water partition coefficient (Wildman–Crippen LogP) is 0.451. The van der Waals surface area contributed by atoms with Gasteiger partial charge in [-0.05, 0) is 30.0 Å². The fraction of sp³-hybridized carbons (Fsp3) is 0.250. The number of primary amides is 1. The number of hydrogen-bond acceptors (Lipinski definition) is 4. The topological polar surface area (TPSA) is 166 Å². The molecule has 0 spiro atoms. The number of guanidine groups is 1. The average Bonchev–Trinajstić information content (AvgIpc) is 2.80. The maximum Gasteiger partial charge on any atom is 0.244 e. The zero-order valence-electron chi connectivity index (χ0n) is 18.3. The number of nitrogens with one attached hydrogen (secondary N) is 2. The molecule has 9 nitrogen and oxygen atoms in total. The van der Waals surface area contributed by atoms with E-state index in [2.05, 4.69) is 15.6 Å². The zero-order chi connectivity index (χ0) is 24.1. The lowest BCUT2D eigenvalue weighted by molar-refractivity contribution is -0.130. The summed E-state index contributed by atoms with van der Waals surface area (Å²) in [5.74, 6) is -1.68. The van der Waals surface area contributed by atoms with E-state index < -0.39 is 29.8 Å². The van der Waals surface area contributed by atoms with Crippen LogP contribution in [0.25, 0.3) is 6.08 Å². The highest BCUT2D eigenvalue weighted by molar-refractivity contribution is 5.96. The van der Waals surface area contributed by atoms with Gasteiger partial charge < -0.3 is 27.8 Å². The number of rotatable bonds is 12. The van der Waals surface area contributed by atoms with Gasteiger partial charge in [-0.2, -0.15) is 0 Å². The van der Waals surface area contributed by atoms with Crippen molar-refractivity contribution in [1.82, 2.24) is 10.6 Å². The van der Waals surface area contributed by atoms with Crippen molar-refractivity contribution >= 4 is 29.8 Å². The molecule has 0 aliphatic rings. The molecule has 0 saturated carbocycles. The minimum absolute atomic E-state index is 0.0533.